The lowest BCUT2D eigenvalue weighted by Gasteiger charge is -2.47. The van der Waals surface area contributed by atoms with Crippen molar-refractivity contribution >= 4 is 17.9 Å². The van der Waals surface area contributed by atoms with Crippen LogP contribution < -0.4 is 11.2 Å². The van der Waals surface area contributed by atoms with Crippen molar-refractivity contribution in [2.45, 2.75) is 116 Å². The molecule has 0 saturated carbocycles. The van der Waals surface area contributed by atoms with Crippen molar-refractivity contribution in [3.8, 4) is 0 Å². The van der Waals surface area contributed by atoms with E-state index in [0.29, 0.717) is 0 Å². The number of nitrogens with zero attached hydrogens (tertiary/aromatic N) is 1. The van der Waals surface area contributed by atoms with Crippen molar-refractivity contribution in [2.75, 3.05) is 13.7 Å². The lowest BCUT2D eigenvalue weighted by molar-refractivity contribution is -0.319. The first-order valence-corrected chi connectivity index (χ1v) is 14.8. The Hall–Kier alpha value is -3.18. The van der Waals surface area contributed by atoms with Crippen LogP contribution in [0.15, 0.2) is 15.8 Å². The second-order valence-corrected chi connectivity index (χ2v) is 12.1. The molecule has 3 saturated heterocycles. The smallest absolute Gasteiger partial charge is 0.366 e. The van der Waals surface area contributed by atoms with Crippen LogP contribution in [0.25, 0.3) is 0 Å². The Balaban J connectivity index is 1.66. The molecule has 3 aliphatic heterocycles. The highest BCUT2D eigenvalue weighted by molar-refractivity contribution is 5.78. The van der Waals surface area contributed by atoms with E-state index in [4.69, 9.17) is 37.9 Å². The highest BCUT2D eigenvalue weighted by Gasteiger charge is 2.59. The number of ether oxygens (including phenoxy) is 8. The third kappa shape index (κ3) is 7.14. The van der Waals surface area contributed by atoms with E-state index in [1.807, 2.05) is 18.8 Å². The fourth-order valence-electron chi connectivity index (χ4n) is 6.14. The van der Waals surface area contributed by atoms with Gasteiger partial charge in [-0.3, -0.25) is 23.9 Å². The summed E-state index contributed by atoms with van der Waals surface area (Å²) in [5.41, 5.74) is -2.12. The van der Waals surface area contributed by atoms with Crippen molar-refractivity contribution in [1.29, 1.82) is 0 Å². The molecule has 1 aromatic rings. The summed E-state index contributed by atoms with van der Waals surface area (Å²) in [6, 6.07) is 0. The standard InChI is InChI=1S/C29H41FN2O13/c1-9-18(40-15(4)33)21(41-16(5)34)20-14(3)13(2)10-29(45-20,26(36)38-8)39-12-19-22-23(44-28(6,7)43-22)25(42-19)32-11-17(30)24(35)31-27(32)37/h11,13-14,18-23,25H,9-10,12H2,1-8H3,(H,31,35,37)/t13-,14-,18-,19-,20?,21-,22+,23?,25-,29?/m1/s1. The molecule has 252 valence electrons. The van der Waals surface area contributed by atoms with Gasteiger partial charge in [0.25, 0.3) is 11.3 Å². The molecule has 0 aliphatic carbocycles. The van der Waals surface area contributed by atoms with E-state index in [1.54, 1.807) is 20.8 Å². The number of aromatic amines is 1. The molecular formula is C29H41FN2O13. The van der Waals surface area contributed by atoms with Crippen molar-refractivity contribution in [3.63, 3.8) is 0 Å². The van der Waals surface area contributed by atoms with Gasteiger partial charge in [-0.2, -0.15) is 4.39 Å². The van der Waals surface area contributed by atoms with Gasteiger partial charge < -0.3 is 37.9 Å². The van der Waals surface area contributed by atoms with E-state index in [-0.39, 0.29) is 31.3 Å². The molecule has 0 spiro atoms. The van der Waals surface area contributed by atoms with Gasteiger partial charge in [0.15, 0.2) is 18.1 Å². The molecule has 0 bridgehead atoms. The third-order valence-electron chi connectivity index (χ3n) is 8.35. The van der Waals surface area contributed by atoms with Crippen molar-refractivity contribution in [3.05, 3.63) is 32.9 Å². The fourth-order valence-corrected chi connectivity index (χ4v) is 6.14. The predicted octanol–water partition coefficient (Wildman–Crippen LogP) is 1.31. The Morgan fingerprint density at radius 1 is 1.09 bits per heavy atom. The van der Waals surface area contributed by atoms with Gasteiger partial charge in [-0.15, -0.1) is 0 Å². The first kappa shape index (κ1) is 34.7. The molecule has 3 aliphatic rings. The molecule has 4 heterocycles. The Morgan fingerprint density at radius 2 is 1.73 bits per heavy atom. The predicted molar refractivity (Wildman–Crippen MR) is 149 cm³/mol. The molecule has 1 aromatic heterocycles. The largest absolute Gasteiger partial charge is 0.465 e. The maximum atomic E-state index is 14.2. The minimum absolute atomic E-state index is 0.0339. The number of methoxy groups -OCH3 is 1. The van der Waals surface area contributed by atoms with Crippen LogP contribution in [0.2, 0.25) is 0 Å². The van der Waals surface area contributed by atoms with E-state index >= 15 is 0 Å². The van der Waals surface area contributed by atoms with Gasteiger partial charge >= 0.3 is 23.6 Å². The number of aromatic nitrogens is 2. The van der Waals surface area contributed by atoms with Crippen LogP contribution in [-0.2, 0) is 52.3 Å². The highest BCUT2D eigenvalue weighted by Crippen LogP contribution is 2.45. The summed E-state index contributed by atoms with van der Waals surface area (Å²) in [5.74, 6) is -7.01. The molecule has 0 aromatic carbocycles. The highest BCUT2D eigenvalue weighted by atomic mass is 19.1. The zero-order valence-corrected chi connectivity index (χ0v) is 26.5. The van der Waals surface area contributed by atoms with Gasteiger partial charge in [0.05, 0.1) is 19.9 Å². The second-order valence-electron chi connectivity index (χ2n) is 12.1. The van der Waals surface area contributed by atoms with Crippen LogP contribution in [0.5, 0.6) is 0 Å². The lowest BCUT2D eigenvalue weighted by atomic mass is 9.79. The molecular weight excluding hydrogens is 603 g/mol. The number of rotatable bonds is 10. The monoisotopic (exact) mass is 644 g/mol. The Labute approximate surface area is 258 Å². The topological polar surface area (TPSA) is 180 Å². The molecule has 3 unspecified atom stereocenters. The number of H-pyrrole nitrogens is 1. The number of esters is 3. The maximum Gasteiger partial charge on any atom is 0.366 e. The number of nitrogens with one attached hydrogen (secondary N) is 1. The number of hydrogen-bond donors (Lipinski definition) is 1. The average Bonchev–Trinajstić information content (AvgIpc) is 3.45. The average molecular weight is 645 g/mol. The van der Waals surface area contributed by atoms with E-state index in [2.05, 4.69) is 0 Å². The zero-order chi connectivity index (χ0) is 33.4. The molecule has 3 fully saturated rings. The Kier molecular flexibility index (Phi) is 10.2. The van der Waals surface area contributed by atoms with Gasteiger partial charge in [0, 0.05) is 20.3 Å². The Morgan fingerprint density at radius 3 is 2.33 bits per heavy atom. The molecule has 16 heteroatoms. The van der Waals surface area contributed by atoms with Gasteiger partial charge in [-0.05, 0) is 32.1 Å². The van der Waals surface area contributed by atoms with Crippen molar-refractivity contribution in [1.82, 2.24) is 9.55 Å². The molecule has 45 heavy (non-hydrogen) atoms. The number of hydrogen-bond acceptors (Lipinski definition) is 13. The van der Waals surface area contributed by atoms with E-state index in [0.717, 1.165) is 17.9 Å². The SMILES string of the molecule is CC[C@@H](OC(C)=O)[C@@H](OC(C)=O)C1OC(OC[C@H]2O[C@@H](n3cc(F)c(=O)[nH]c3=O)C3OC(C)(C)O[C@H]32)(C(=O)OC)C[C@@H](C)[C@H]1C. The van der Waals surface area contributed by atoms with Crippen LogP contribution in [0.4, 0.5) is 4.39 Å². The molecule has 15 nitrogen and oxygen atoms in total. The maximum absolute atomic E-state index is 14.2. The number of halogens is 1. The van der Waals surface area contributed by atoms with Crippen LogP contribution in [0.1, 0.15) is 67.5 Å². The first-order chi connectivity index (χ1) is 21.0. The third-order valence-corrected chi connectivity index (χ3v) is 8.35. The Bertz CT molecular complexity index is 1390. The van der Waals surface area contributed by atoms with Gasteiger partial charge in [-0.25, -0.2) is 9.59 Å². The second kappa shape index (κ2) is 13.3. The summed E-state index contributed by atoms with van der Waals surface area (Å²) in [6.07, 6.45) is -5.89. The normalized spacial score (nSPS) is 33.6. The van der Waals surface area contributed by atoms with Crippen LogP contribution in [0.3, 0.4) is 0 Å². The van der Waals surface area contributed by atoms with Crippen LogP contribution in [0, 0.1) is 17.7 Å². The summed E-state index contributed by atoms with van der Waals surface area (Å²) in [5, 5.41) is 0. The minimum atomic E-state index is -2.02. The zero-order valence-electron chi connectivity index (χ0n) is 26.5. The van der Waals surface area contributed by atoms with E-state index in [9.17, 15) is 28.4 Å². The summed E-state index contributed by atoms with van der Waals surface area (Å²) in [7, 11) is 1.16. The lowest BCUT2D eigenvalue weighted by Crippen LogP contribution is -2.60. The molecule has 0 amide bonds. The van der Waals surface area contributed by atoms with Gasteiger partial charge in [0.2, 0.25) is 5.82 Å². The minimum Gasteiger partial charge on any atom is -0.465 e. The summed E-state index contributed by atoms with van der Waals surface area (Å²) >= 11 is 0. The van der Waals surface area contributed by atoms with Crippen molar-refractivity contribution in [2.24, 2.45) is 11.8 Å². The summed E-state index contributed by atoms with van der Waals surface area (Å²) in [4.78, 5) is 63.6. The fraction of sp³-hybridized carbons (Fsp3) is 0.759. The summed E-state index contributed by atoms with van der Waals surface area (Å²) in [6.45, 7) is 10.9. The quantitative estimate of drug-likeness (QED) is 0.285. The van der Waals surface area contributed by atoms with Gasteiger partial charge in [-0.1, -0.05) is 20.8 Å². The number of carbonyl (C=O) groups excluding carboxylic acids is 3. The van der Waals surface area contributed by atoms with Crippen LogP contribution >= 0.6 is 0 Å². The first-order valence-electron chi connectivity index (χ1n) is 14.8. The summed E-state index contributed by atoms with van der Waals surface area (Å²) < 4.78 is 61.9. The van der Waals surface area contributed by atoms with Gasteiger partial charge in [0.1, 0.15) is 30.5 Å². The number of carbonyl (C=O) groups is 3. The molecule has 10 atom stereocenters. The van der Waals surface area contributed by atoms with Crippen LogP contribution in [-0.4, -0.2) is 89.4 Å². The van der Waals surface area contributed by atoms with E-state index < -0.39 is 89.4 Å². The molecule has 4 rings (SSSR count). The molecule has 0 radical (unpaired) electrons. The van der Waals surface area contributed by atoms with E-state index in [1.165, 1.54) is 13.8 Å². The molecule has 1 N–H and O–H groups in total. The van der Waals surface area contributed by atoms with Crippen molar-refractivity contribution < 1.29 is 56.7 Å². The number of fused-ring (bicyclic) bond motifs is 1.